The molecule has 58 heavy (non-hydrogen) atoms. The number of nitrogens with zero attached hydrogens (tertiary/aromatic N) is 4. The van der Waals surface area contributed by atoms with E-state index in [1.54, 1.807) is 28.9 Å². The third-order valence-corrected chi connectivity index (χ3v) is 10.8. The van der Waals surface area contributed by atoms with Crippen LogP contribution in [-0.2, 0) is 0 Å². The van der Waals surface area contributed by atoms with Crippen molar-refractivity contribution in [1.82, 2.24) is 19.5 Å². The van der Waals surface area contributed by atoms with E-state index in [0.29, 0.717) is 56.1 Å². The molecule has 0 saturated heterocycles. The van der Waals surface area contributed by atoms with Gasteiger partial charge in [-0.3, -0.25) is 0 Å². The SMILES string of the molecule is CC.[B]c1c2c([B])c3c4c([B])c(O)c(O)c([B])c4n(c3c1[B])-c1cc3c4ccccc4c4ccccc4c3cc1-c1nc(nc(-c3ccccc3)n1)C(=C)C=CC=C2. The number of rotatable bonds is 1. The van der Waals surface area contributed by atoms with Crippen molar-refractivity contribution in [2.24, 2.45) is 0 Å². The highest BCUT2D eigenvalue weighted by Gasteiger charge is 2.28. The summed E-state index contributed by atoms with van der Waals surface area (Å²) in [5, 5.41) is 29.1. The Morgan fingerprint density at radius 1 is 0.517 bits per heavy atom. The summed E-state index contributed by atoms with van der Waals surface area (Å²) < 4.78 is 1.79. The van der Waals surface area contributed by atoms with Crippen molar-refractivity contribution in [3.63, 3.8) is 0 Å². The Kier molecular flexibility index (Phi) is 8.92. The fraction of sp³-hybridized carbons (Fsp3) is 0.0426. The van der Waals surface area contributed by atoms with Crippen LogP contribution in [0.3, 0.4) is 0 Å². The van der Waals surface area contributed by atoms with Gasteiger partial charge in [-0.15, -0.1) is 0 Å². The second-order valence-electron chi connectivity index (χ2n) is 13.9. The molecule has 4 heterocycles. The van der Waals surface area contributed by atoms with E-state index in [-0.39, 0.29) is 32.8 Å². The van der Waals surface area contributed by atoms with E-state index in [1.807, 2.05) is 74.5 Å². The lowest BCUT2D eigenvalue weighted by Crippen LogP contribution is -2.36. The first-order chi connectivity index (χ1) is 28.1. The first-order valence-electron chi connectivity index (χ1n) is 18.8. The van der Waals surface area contributed by atoms with Gasteiger partial charge in [-0.2, -0.15) is 0 Å². The Balaban J connectivity index is 0.00000215. The van der Waals surface area contributed by atoms with Gasteiger partial charge in [0.05, 0.1) is 11.2 Å². The van der Waals surface area contributed by atoms with Crippen molar-refractivity contribution >= 4 is 132 Å². The van der Waals surface area contributed by atoms with Gasteiger partial charge in [0.1, 0.15) is 45.0 Å². The van der Waals surface area contributed by atoms with E-state index in [2.05, 4.69) is 36.9 Å². The van der Waals surface area contributed by atoms with Crippen molar-refractivity contribution in [2.45, 2.75) is 13.8 Å². The quantitative estimate of drug-likeness (QED) is 0.127. The molecule has 11 heteroatoms. The maximum Gasteiger partial charge on any atom is 0.166 e. The van der Waals surface area contributed by atoms with Gasteiger partial charge in [-0.05, 0) is 60.9 Å². The molecule has 0 atom stereocenters. The van der Waals surface area contributed by atoms with Crippen molar-refractivity contribution in [2.75, 3.05) is 0 Å². The second-order valence-corrected chi connectivity index (χ2v) is 13.9. The fourth-order valence-corrected chi connectivity index (χ4v) is 8.12. The van der Waals surface area contributed by atoms with Gasteiger partial charge in [0, 0.05) is 33.0 Å². The third kappa shape index (κ3) is 5.37. The molecule has 0 spiro atoms. The minimum atomic E-state index is -0.590. The molecule has 2 aliphatic heterocycles. The average Bonchev–Trinajstić information content (AvgIpc) is 3.63. The summed E-state index contributed by atoms with van der Waals surface area (Å²) in [7, 11) is 34.4. The van der Waals surface area contributed by atoms with Gasteiger partial charge in [0.15, 0.2) is 23.2 Å². The average molecular weight is 736 g/mol. The molecule has 0 aliphatic carbocycles. The Hall–Kier alpha value is -6.73. The van der Waals surface area contributed by atoms with Crippen molar-refractivity contribution < 1.29 is 10.2 Å². The molecule has 2 aromatic heterocycles. The Morgan fingerprint density at radius 3 is 1.67 bits per heavy atom. The molecule has 264 valence electrons. The molecular weight excluding hydrogens is 707 g/mol. The summed E-state index contributed by atoms with van der Waals surface area (Å²) >= 11 is 0. The smallest absolute Gasteiger partial charge is 0.166 e. The minimum Gasteiger partial charge on any atom is -0.505 e. The lowest BCUT2D eigenvalue weighted by molar-refractivity contribution is 0.410. The molecule has 0 fully saturated rings. The number of hydrogen-bond acceptors (Lipinski definition) is 5. The second kappa shape index (κ2) is 14.0. The number of allylic oxidation sites excluding steroid dienone is 4. The van der Waals surface area contributed by atoms with Gasteiger partial charge in [0.2, 0.25) is 0 Å². The van der Waals surface area contributed by atoms with Crippen LogP contribution in [0.15, 0.2) is 116 Å². The van der Waals surface area contributed by atoms with Crippen molar-refractivity contribution in [3.8, 4) is 40.0 Å². The molecule has 10 radical (unpaired) electrons. The van der Waals surface area contributed by atoms with Gasteiger partial charge in [-0.1, -0.05) is 140 Å². The number of hydrogen-bond donors (Lipinski definition) is 2. The molecule has 2 N–H and O–H groups in total. The number of fused-ring (bicyclic) bond motifs is 10. The number of phenolic OH excluding ortho intramolecular Hbond substituents is 2. The van der Waals surface area contributed by atoms with Gasteiger partial charge in [-0.25, -0.2) is 15.0 Å². The van der Waals surface area contributed by atoms with Gasteiger partial charge >= 0.3 is 0 Å². The molecular formula is C47H29B5N4O2. The van der Waals surface area contributed by atoms with E-state index in [4.69, 9.17) is 54.2 Å². The first kappa shape index (κ1) is 36.9. The molecule has 0 amide bonds. The number of benzene rings is 7. The largest absolute Gasteiger partial charge is 0.505 e. The Morgan fingerprint density at radius 2 is 1.02 bits per heavy atom. The standard InChI is InChI=1S/C45H23B5N4O2.C2H6/c1-21-11-5-6-18-27-34(46)32-33-36(48)41(55)42(56)38(50)40(33)54(39(32)37(49)35(27)47)31-20-29-26-17-10-8-15-24(26)23-14-7-9-16-25(23)28(29)19-30(31)45-52-43(21)51-44(53-45)22-12-3-2-4-13-22;1-2/h2-20,55-56H,1H2;1-2H3. The number of phenols is 2. The van der Waals surface area contributed by atoms with Crippen LogP contribution < -0.4 is 27.3 Å². The van der Waals surface area contributed by atoms with E-state index in [0.717, 1.165) is 37.9 Å². The molecule has 9 aromatic rings. The number of aromatic nitrogens is 4. The minimum absolute atomic E-state index is 0.133. The van der Waals surface area contributed by atoms with Crippen LogP contribution in [0.4, 0.5) is 0 Å². The predicted molar refractivity (Wildman–Crippen MR) is 246 cm³/mol. The fourth-order valence-electron chi connectivity index (χ4n) is 8.12. The van der Waals surface area contributed by atoms with Gasteiger partial charge < -0.3 is 14.8 Å². The maximum atomic E-state index is 11.3. The van der Waals surface area contributed by atoms with Crippen LogP contribution in [0.5, 0.6) is 11.5 Å². The highest BCUT2D eigenvalue weighted by Crippen LogP contribution is 2.42. The molecule has 0 unspecified atom stereocenters. The third-order valence-electron chi connectivity index (χ3n) is 10.8. The van der Waals surface area contributed by atoms with E-state index < -0.39 is 11.5 Å². The summed E-state index contributed by atoms with van der Waals surface area (Å²) in [6.45, 7) is 8.32. The summed E-state index contributed by atoms with van der Waals surface area (Å²) in [5.41, 5.74) is 3.82. The lowest BCUT2D eigenvalue weighted by atomic mass is 9.70. The zero-order chi connectivity index (χ0) is 40.6. The van der Waals surface area contributed by atoms with Gasteiger partial charge in [0.25, 0.3) is 0 Å². The van der Waals surface area contributed by atoms with Crippen LogP contribution in [0.1, 0.15) is 25.2 Å². The lowest BCUT2D eigenvalue weighted by Gasteiger charge is -2.21. The van der Waals surface area contributed by atoms with E-state index >= 15 is 0 Å². The zero-order valence-electron chi connectivity index (χ0n) is 31.7. The van der Waals surface area contributed by atoms with E-state index in [1.165, 1.54) is 0 Å². The monoisotopic (exact) mass is 736 g/mol. The van der Waals surface area contributed by atoms with Crippen molar-refractivity contribution in [3.05, 3.63) is 127 Å². The molecule has 11 rings (SSSR count). The molecule has 2 aliphatic rings. The van der Waals surface area contributed by atoms with Crippen LogP contribution >= 0.6 is 0 Å². The molecule has 6 nitrogen and oxygen atoms in total. The highest BCUT2D eigenvalue weighted by atomic mass is 16.3. The van der Waals surface area contributed by atoms with Crippen LogP contribution in [-0.4, -0.2) is 69.0 Å². The Labute approximate surface area is 341 Å². The van der Waals surface area contributed by atoms with Crippen LogP contribution in [0.25, 0.3) is 94.2 Å². The van der Waals surface area contributed by atoms with E-state index in [9.17, 15) is 10.2 Å². The zero-order valence-corrected chi connectivity index (χ0v) is 31.7. The van der Waals surface area contributed by atoms with Crippen LogP contribution in [0.2, 0.25) is 0 Å². The Bertz CT molecular complexity index is 3300. The van der Waals surface area contributed by atoms with Crippen LogP contribution in [0, 0.1) is 0 Å². The first-order valence-corrected chi connectivity index (χ1v) is 18.8. The molecule has 6 bridgehead atoms. The predicted octanol–water partition coefficient (Wildman–Crippen LogP) is 5.76. The summed E-state index contributed by atoms with van der Waals surface area (Å²) in [6, 6.07) is 30.2. The molecule has 7 aromatic carbocycles. The number of aromatic hydroxyl groups is 2. The summed E-state index contributed by atoms with van der Waals surface area (Å²) in [5.74, 6) is -0.0612. The molecule has 0 saturated carbocycles. The highest BCUT2D eigenvalue weighted by molar-refractivity contribution is 6.61. The van der Waals surface area contributed by atoms with Crippen molar-refractivity contribution in [1.29, 1.82) is 0 Å². The topological polar surface area (TPSA) is 84.1 Å². The normalized spacial score (nSPS) is 12.3. The summed E-state index contributed by atoms with van der Waals surface area (Å²) in [4.78, 5) is 15.1. The summed E-state index contributed by atoms with van der Waals surface area (Å²) in [6.07, 6.45) is 7.07. The maximum absolute atomic E-state index is 11.3.